The van der Waals surface area contributed by atoms with Gasteiger partial charge in [-0.2, -0.15) is 4.98 Å². The number of amides is 2. The third-order valence-electron chi connectivity index (χ3n) is 2.72. The van der Waals surface area contributed by atoms with Crippen molar-refractivity contribution in [1.29, 1.82) is 0 Å². The Kier molecular flexibility index (Phi) is 5.29. The van der Waals surface area contributed by atoms with Crippen molar-refractivity contribution in [2.45, 2.75) is 26.8 Å². The Labute approximate surface area is 126 Å². The fourth-order valence-electron chi connectivity index (χ4n) is 1.69. The number of urea groups is 1. The van der Waals surface area contributed by atoms with Gasteiger partial charge in [0.15, 0.2) is 5.82 Å². The molecule has 0 unspecified atom stereocenters. The van der Waals surface area contributed by atoms with Crippen molar-refractivity contribution < 1.29 is 18.4 Å². The Morgan fingerprint density at radius 1 is 1.41 bits per heavy atom. The first-order chi connectivity index (χ1) is 10.6. The molecule has 0 fully saturated rings. The summed E-state index contributed by atoms with van der Waals surface area (Å²) in [7, 11) is 0. The Hall–Kier alpha value is -2.64. The van der Waals surface area contributed by atoms with Crippen LogP contribution in [0, 0.1) is 5.82 Å². The second-order valence-corrected chi connectivity index (χ2v) is 4.34. The standard InChI is InChI=1S/C14H17FN4O3/c1-3-13-18-12(19-22-13)8-16-14(20)17-11-6-5-9(21-4-2)7-10(11)15/h5-7H,3-4,8H2,1-2H3,(H2,16,17,20). The van der Waals surface area contributed by atoms with Gasteiger partial charge in [-0.1, -0.05) is 12.1 Å². The van der Waals surface area contributed by atoms with E-state index in [9.17, 15) is 9.18 Å². The highest BCUT2D eigenvalue weighted by atomic mass is 19.1. The van der Waals surface area contributed by atoms with Crippen molar-refractivity contribution in [3.8, 4) is 5.75 Å². The molecule has 2 amide bonds. The van der Waals surface area contributed by atoms with Gasteiger partial charge in [0.2, 0.25) is 5.89 Å². The normalized spacial score (nSPS) is 10.3. The Morgan fingerprint density at radius 2 is 2.23 bits per heavy atom. The van der Waals surface area contributed by atoms with Crippen LogP contribution in [0.5, 0.6) is 5.75 Å². The molecule has 0 saturated carbocycles. The third kappa shape index (κ3) is 4.18. The highest BCUT2D eigenvalue weighted by Gasteiger charge is 2.10. The van der Waals surface area contributed by atoms with E-state index in [1.165, 1.54) is 12.1 Å². The predicted octanol–water partition coefficient (Wildman–Crippen LogP) is 2.49. The molecule has 1 heterocycles. The van der Waals surface area contributed by atoms with Crippen LogP contribution in [0.4, 0.5) is 14.9 Å². The second kappa shape index (κ2) is 7.39. The molecular weight excluding hydrogens is 291 g/mol. The molecule has 0 radical (unpaired) electrons. The van der Waals surface area contributed by atoms with Crippen LogP contribution in [-0.4, -0.2) is 22.8 Å². The van der Waals surface area contributed by atoms with Gasteiger partial charge in [-0.25, -0.2) is 9.18 Å². The molecule has 2 rings (SSSR count). The van der Waals surface area contributed by atoms with Crippen LogP contribution in [0.15, 0.2) is 22.7 Å². The van der Waals surface area contributed by atoms with Crippen LogP contribution in [-0.2, 0) is 13.0 Å². The van der Waals surface area contributed by atoms with Gasteiger partial charge in [-0.3, -0.25) is 0 Å². The number of halogens is 1. The van der Waals surface area contributed by atoms with Crippen LogP contribution in [0.1, 0.15) is 25.6 Å². The highest BCUT2D eigenvalue weighted by Crippen LogP contribution is 2.20. The molecule has 22 heavy (non-hydrogen) atoms. The third-order valence-corrected chi connectivity index (χ3v) is 2.72. The van der Waals surface area contributed by atoms with E-state index < -0.39 is 11.8 Å². The van der Waals surface area contributed by atoms with Crippen molar-refractivity contribution in [2.24, 2.45) is 0 Å². The van der Waals surface area contributed by atoms with Gasteiger partial charge in [0.05, 0.1) is 18.8 Å². The molecule has 8 heteroatoms. The van der Waals surface area contributed by atoms with Gasteiger partial charge in [-0.05, 0) is 19.1 Å². The van der Waals surface area contributed by atoms with E-state index in [4.69, 9.17) is 9.26 Å². The Morgan fingerprint density at radius 3 is 2.86 bits per heavy atom. The minimum Gasteiger partial charge on any atom is -0.494 e. The zero-order valence-corrected chi connectivity index (χ0v) is 12.4. The monoisotopic (exact) mass is 308 g/mol. The van der Waals surface area contributed by atoms with Crippen molar-refractivity contribution in [3.05, 3.63) is 35.7 Å². The average molecular weight is 308 g/mol. The van der Waals surface area contributed by atoms with Crippen molar-refractivity contribution in [2.75, 3.05) is 11.9 Å². The number of rotatable bonds is 6. The van der Waals surface area contributed by atoms with Gasteiger partial charge in [0.25, 0.3) is 0 Å². The second-order valence-electron chi connectivity index (χ2n) is 4.34. The summed E-state index contributed by atoms with van der Waals surface area (Å²) in [6.07, 6.45) is 0.622. The zero-order valence-electron chi connectivity index (χ0n) is 12.4. The lowest BCUT2D eigenvalue weighted by Gasteiger charge is -2.09. The van der Waals surface area contributed by atoms with E-state index in [0.29, 0.717) is 30.5 Å². The van der Waals surface area contributed by atoms with E-state index in [1.807, 2.05) is 6.92 Å². The molecule has 0 bridgehead atoms. The molecule has 0 aliphatic heterocycles. The number of anilines is 1. The summed E-state index contributed by atoms with van der Waals surface area (Å²) >= 11 is 0. The number of benzene rings is 1. The van der Waals surface area contributed by atoms with Gasteiger partial charge in [-0.15, -0.1) is 0 Å². The first-order valence-electron chi connectivity index (χ1n) is 6.91. The zero-order chi connectivity index (χ0) is 15.9. The van der Waals surface area contributed by atoms with E-state index in [2.05, 4.69) is 20.8 Å². The summed E-state index contributed by atoms with van der Waals surface area (Å²) in [5, 5.41) is 8.62. The quantitative estimate of drug-likeness (QED) is 0.855. The van der Waals surface area contributed by atoms with Crippen molar-refractivity contribution in [1.82, 2.24) is 15.5 Å². The first-order valence-corrected chi connectivity index (χ1v) is 6.91. The molecule has 2 N–H and O–H groups in total. The number of aryl methyl sites for hydroxylation is 1. The lowest BCUT2D eigenvalue weighted by Crippen LogP contribution is -2.29. The molecule has 0 spiro atoms. The van der Waals surface area contributed by atoms with Gasteiger partial charge in [0.1, 0.15) is 11.6 Å². The van der Waals surface area contributed by atoms with E-state index in [0.717, 1.165) is 0 Å². The summed E-state index contributed by atoms with van der Waals surface area (Å²) in [5.74, 6) is 0.688. The number of aromatic nitrogens is 2. The van der Waals surface area contributed by atoms with Gasteiger partial charge < -0.3 is 19.9 Å². The minimum absolute atomic E-state index is 0.0586. The number of carbonyl (C=O) groups excluding carboxylic acids is 1. The van der Waals surface area contributed by atoms with Crippen molar-refractivity contribution in [3.63, 3.8) is 0 Å². The largest absolute Gasteiger partial charge is 0.494 e. The fourth-order valence-corrected chi connectivity index (χ4v) is 1.69. The number of nitrogens with zero attached hydrogens (tertiary/aromatic N) is 2. The number of ether oxygens (including phenoxy) is 1. The van der Waals surface area contributed by atoms with Crippen LogP contribution in [0.2, 0.25) is 0 Å². The molecule has 2 aromatic rings. The lowest BCUT2D eigenvalue weighted by atomic mass is 10.3. The van der Waals surface area contributed by atoms with E-state index in [1.54, 1.807) is 13.0 Å². The lowest BCUT2D eigenvalue weighted by molar-refractivity contribution is 0.251. The fraction of sp³-hybridized carbons (Fsp3) is 0.357. The maximum absolute atomic E-state index is 13.8. The van der Waals surface area contributed by atoms with Crippen LogP contribution in [0.3, 0.4) is 0 Å². The smallest absolute Gasteiger partial charge is 0.319 e. The Bertz CT molecular complexity index is 645. The van der Waals surface area contributed by atoms with Gasteiger partial charge in [0, 0.05) is 12.5 Å². The predicted molar refractivity (Wildman–Crippen MR) is 77.1 cm³/mol. The molecule has 0 atom stereocenters. The highest BCUT2D eigenvalue weighted by molar-refractivity contribution is 5.89. The summed E-state index contributed by atoms with van der Waals surface area (Å²) in [5.41, 5.74) is 0.0586. The van der Waals surface area contributed by atoms with Gasteiger partial charge >= 0.3 is 6.03 Å². The molecule has 118 valence electrons. The summed E-state index contributed by atoms with van der Waals surface area (Å²) in [6.45, 7) is 4.22. The minimum atomic E-state index is -0.575. The molecule has 0 aliphatic carbocycles. The van der Waals surface area contributed by atoms with Crippen LogP contribution >= 0.6 is 0 Å². The number of carbonyl (C=O) groups is 1. The topological polar surface area (TPSA) is 89.3 Å². The number of hydrogen-bond donors (Lipinski definition) is 2. The maximum Gasteiger partial charge on any atom is 0.319 e. The summed E-state index contributed by atoms with van der Waals surface area (Å²) in [6, 6.07) is 3.66. The Balaban J connectivity index is 1.88. The summed E-state index contributed by atoms with van der Waals surface area (Å²) < 4.78 is 23.9. The first kappa shape index (κ1) is 15.7. The average Bonchev–Trinajstić information content (AvgIpc) is 2.96. The van der Waals surface area contributed by atoms with E-state index in [-0.39, 0.29) is 12.2 Å². The van der Waals surface area contributed by atoms with Crippen LogP contribution < -0.4 is 15.4 Å². The molecule has 0 saturated heterocycles. The summed E-state index contributed by atoms with van der Waals surface area (Å²) in [4.78, 5) is 15.8. The SMILES string of the molecule is CCOc1ccc(NC(=O)NCc2noc(CC)n2)c(F)c1. The molecular formula is C14H17FN4O3. The number of nitrogens with one attached hydrogen (secondary N) is 2. The number of hydrogen-bond acceptors (Lipinski definition) is 5. The molecule has 1 aromatic carbocycles. The maximum atomic E-state index is 13.8. The molecule has 0 aliphatic rings. The molecule has 7 nitrogen and oxygen atoms in total. The molecule has 1 aromatic heterocycles. The van der Waals surface area contributed by atoms with E-state index >= 15 is 0 Å². The van der Waals surface area contributed by atoms with Crippen molar-refractivity contribution >= 4 is 11.7 Å². The van der Waals surface area contributed by atoms with Crippen LogP contribution in [0.25, 0.3) is 0 Å².